The molecule has 0 aliphatic rings. The summed E-state index contributed by atoms with van der Waals surface area (Å²) in [6.45, 7) is 4.01. The van der Waals surface area contributed by atoms with Crippen LogP contribution in [0.5, 0.6) is 0 Å². The summed E-state index contributed by atoms with van der Waals surface area (Å²) in [6, 6.07) is 2.99. The molecule has 0 radical (unpaired) electrons. The second kappa shape index (κ2) is 5.34. The fourth-order valence-electron chi connectivity index (χ4n) is 1.34. The molecule has 0 aromatic carbocycles. The van der Waals surface area contributed by atoms with Gasteiger partial charge in [-0.2, -0.15) is 0 Å². The topological polar surface area (TPSA) is 62.2 Å². The Morgan fingerprint density at radius 3 is 2.53 bits per heavy atom. The Balaban J connectivity index is 2.63. The van der Waals surface area contributed by atoms with Gasteiger partial charge in [-0.15, -0.1) is 0 Å². The van der Waals surface area contributed by atoms with Gasteiger partial charge < -0.3 is 10.4 Å². The largest absolute Gasteiger partial charge is 0.480 e. The summed E-state index contributed by atoms with van der Waals surface area (Å²) in [5, 5.41) is 12.0. The number of nitrogens with one attached hydrogen (secondary N) is 1. The molecule has 1 unspecified atom stereocenters. The summed E-state index contributed by atoms with van der Waals surface area (Å²) in [5.41, 5.74) is 0.790. The third-order valence-electron chi connectivity index (χ3n) is 2.03. The van der Waals surface area contributed by atoms with E-state index in [1.165, 1.54) is 0 Å². The molecule has 0 bridgehead atoms. The fraction of sp³-hybridized carbons (Fsp3) is 0.455. The van der Waals surface area contributed by atoms with Crippen LogP contribution in [0.15, 0.2) is 24.5 Å². The van der Waals surface area contributed by atoms with E-state index in [2.05, 4.69) is 10.3 Å². The molecular weight excluding hydrogens is 192 g/mol. The third kappa shape index (κ3) is 3.97. The van der Waals surface area contributed by atoms with Crippen molar-refractivity contribution in [1.29, 1.82) is 0 Å². The van der Waals surface area contributed by atoms with Gasteiger partial charge in [0.05, 0.1) is 0 Å². The number of hydrogen-bond donors (Lipinski definition) is 2. The molecule has 1 rings (SSSR count). The van der Waals surface area contributed by atoms with E-state index in [1.807, 2.05) is 13.8 Å². The van der Waals surface area contributed by atoms with Crippen LogP contribution >= 0.6 is 0 Å². The Morgan fingerprint density at radius 1 is 1.47 bits per heavy atom. The summed E-state index contributed by atoms with van der Waals surface area (Å²) >= 11 is 0. The number of aromatic nitrogens is 1. The van der Waals surface area contributed by atoms with Gasteiger partial charge in [-0.1, -0.05) is 13.8 Å². The molecule has 1 aromatic heterocycles. The molecule has 4 nitrogen and oxygen atoms in total. The standard InChI is InChI=1S/C11H16N2O2/c1-8(2)7-10(11(14)15)13-9-3-5-12-6-4-9/h3-6,8,10H,7H2,1-2H3,(H,12,13)(H,14,15). The zero-order chi connectivity index (χ0) is 11.3. The fourth-order valence-corrected chi connectivity index (χ4v) is 1.34. The Hall–Kier alpha value is -1.58. The molecule has 1 aromatic rings. The highest BCUT2D eigenvalue weighted by molar-refractivity contribution is 5.77. The number of carboxylic acid groups (broad SMARTS) is 1. The Kier molecular flexibility index (Phi) is 4.09. The van der Waals surface area contributed by atoms with Crippen LogP contribution in [0, 0.1) is 5.92 Å². The minimum Gasteiger partial charge on any atom is -0.480 e. The number of aliphatic carboxylic acids is 1. The van der Waals surface area contributed by atoms with E-state index >= 15 is 0 Å². The minimum atomic E-state index is -0.819. The lowest BCUT2D eigenvalue weighted by Crippen LogP contribution is -2.30. The molecule has 0 spiro atoms. The average molecular weight is 208 g/mol. The predicted octanol–water partition coefficient (Wildman–Crippen LogP) is 1.99. The van der Waals surface area contributed by atoms with Crippen molar-refractivity contribution in [2.24, 2.45) is 5.92 Å². The van der Waals surface area contributed by atoms with Crippen LogP contribution in [-0.4, -0.2) is 22.1 Å². The molecule has 1 heterocycles. The van der Waals surface area contributed by atoms with Crippen molar-refractivity contribution < 1.29 is 9.90 Å². The maximum absolute atomic E-state index is 11.0. The normalized spacial score (nSPS) is 12.5. The van der Waals surface area contributed by atoms with Gasteiger partial charge in [0.1, 0.15) is 6.04 Å². The molecule has 0 aliphatic carbocycles. The highest BCUT2D eigenvalue weighted by atomic mass is 16.4. The number of hydrogen-bond acceptors (Lipinski definition) is 3. The van der Waals surface area contributed by atoms with E-state index in [0.717, 1.165) is 5.69 Å². The lowest BCUT2D eigenvalue weighted by atomic mass is 10.0. The van der Waals surface area contributed by atoms with Crippen LogP contribution in [0.1, 0.15) is 20.3 Å². The van der Waals surface area contributed by atoms with Crippen molar-refractivity contribution in [3.05, 3.63) is 24.5 Å². The summed E-state index contributed by atoms with van der Waals surface area (Å²) in [4.78, 5) is 14.8. The molecule has 1 atom stereocenters. The van der Waals surface area contributed by atoms with E-state index in [0.29, 0.717) is 12.3 Å². The summed E-state index contributed by atoms with van der Waals surface area (Å²) in [7, 11) is 0. The van der Waals surface area contributed by atoms with Crippen molar-refractivity contribution in [2.45, 2.75) is 26.3 Å². The number of rotatable bonds is 5. The van der Waals surface area contributed by atoms with Crippen LogP contribution in [-0.2, 0) is 4.79 Å². The molecule has 82 valence electrons. The second-order valence-corrected chi connectivity index (χ2v) is 3.90. The predicted molar refractivity (Wildman–Crippen MR) is 58.7 cm³/mol. The van der Waals surface area contributed by atoms with E-state index < -0.39 is 12.0 Å². The minimum absolute atomic E-state index is 0.348. The van der Waals surface area contributed by atoms with Gasteiger partial charge in [0.25, 0.3) is 0 Å². The average Bonchev–Trinajstić information content (AvgIpc) is 2.17. The van der Waals surface area contributed by atoms with Crippen molar-refractivity contribution in [1.82, 2.24) is 4.98 Å². The number of carbonyl (C=O) groups is 1. The van der Waals surface area contributed by atoms with Gasteiger partial charge in [-0.25, -0.2) is 4.79 Å². The van der Waals surface area contributed by atoms with Crippen molar-refractivity contribution in [3.63, 3.8) is 0 Å². The molecule has 0 amide bonds. The molecule has 0 saturated heterocycles. The Bertz CT molecular complexity index is 312. The van der Waals surface area contributed by atoms with Gasteiger partial charge in [0, 0.05) is 18.1 Å². The first-order valence-corrected chi connectivity index (χ1v) is 4.99. The van der Waals surface area contributed by atoms with Crippen molar-refractivity contribution >= 4 is 11.7 Å². The van der Waals surface area contributed by atoms with Crippen molar-refractivity contribution in [3.8, 4) is 0 Å². The first-order chi connectivity index (χ1) is 7.09. The lowest BCUT2D eigenvalue weighted by molar-refractivity contribution is -0.138. The molecule has 0 saturated carbocycles. The molecule has 4 heteroatoms. The maximum atomic E-state index is 11.0. The smallest absolute Gasteiger partial charge is 0.326 e. The van der Waals surface area contributed by atoms with E-state index in [1.54, 1.807) is 24.5 Å². The lowest BCUT2D eigenvalue weighted by Gasteiger charge is -2.17. The number of pyridine rings is 1. The van der Waals surface area contributed by atoms with E-state index in [4.69, 9.17) is 5.11 Å². The van der Waals surface area contributed by atoms with Crippen molar-refractivity contribution in [2.75, 3.05) is 5.32 Å². The quantitative estimate of drug-likeness (QED) is 0.776. The number of anilines is 1. The highest BCUT2D eigenvalue weighted by Gasteiger charge is 2.18. The number of carboxylic acids is 1. The molecule has 15 heavy (non-hydrogen) atoms. The molecule has 0 fully saturated rings. The van der Waals surface area contributed by atoms with Crippen LogP contribution in [0.3, 0.4) is 0 Å². The third-order valence-corrected chi connectivity index (χ3v) is 2.03. The molecule has 2 N–H and O–H groups in total. The molecular formula is C11H16N2O2. The summed E-state index contributed by atoms with van der Waals surface area (Å²) in [5.74, 6) is -0.471. The zero-order valence-electron chi connectivity index (χ0n) is 8.97. The monoisotopic (exact) mass is 208 g/mol. The highest BCUT2D eigenvalue weighted by Crippen LogP contribution is 2.12. The number of nitrogens with zero attached hydrogens (tertiary/aromatic N) is 1. The van der Waals surface area contributed by atoms with Gasteiger partial charge in [0.15, 0.2) is 0 Å². The Morgan fingerprint density at radius 2 is 2.07 bits per heavy atom. The molecule has 0 aliphatic heterocycles. The van der Waals surface area contributed by atoms with Gasteiger partial charge in [-0.05, 0) is 24.5 Å². The zero-order valence-corrected chi connectivity index (χ0v) is 8.97. The summed E-state index contributed by atoms with van der Waals surface area (Å²) < 4.78 is 0. The first-order valence-electron chi connectivity index (χ1n) is 4.99. The van der Waals surface area contributed by atoms with Gasteiger partial charge >= 0.3 is 5.97 Å². The second-order valence-electron chi connectivity index (χ2n) is 3.90. The van der Waals surface area contributed by atoms with Crippen LogP contribution in [0.25, 0.3) is 0 Å². The van der Waals surface area contributed by atoms with E-state index in [9.17, 15) is 4.79 Å². The SMILES string of the molecule is CC(C)CC(Nc1ccncc1)C(=O)O. The van der Waals surface area contributed by atoms with Gasteiger partial charge in [0.2, 0.25) is 0 Å². The first kappa shape index (κ1) is 11.5. The van der Waals surface area contributed by atoms with Crippen LogP contribution < -0.4 is 5.32 Å². The van der Waals surface area contributed by atoms with Crippen LogP contribution in [0.2, 0.25) is 0 Å². The van der Waals surface area contributed by atoms with E-state index in [-0.39, 0.29) is 0 Å². The Labute approximate surface area is 89.3 Å². The maximum Gasteiger partial charge on any atom is 0.326 e. The van der Waals surface area contributed by atoms with Crippen LogP contribution in [0.4, 0.5) is 5.69 Å². The summed E-state index contributed by atoms with van der Waals surface area (Å²) in [6.07, 6.45) is 3.88. The van der Waals surface area contributed by atoms with Gasteiger partial charge in [-0.3, -0.25) is 4.98 Å².